The van der Waals surface area contributed by atoms with Crippen molar-refractivity contribution in [3.63, 3.8) is 0 Å². The molecule has 0 spiro atoms. The van der Waals surface area contributed by atoms with Crippen LogP contribution in [0.5, 0.6) is 0 Å². The molecule has 0 aromatic carbocycles. The Morgan fingerprint density at radius 1 is 0.944 bits per heavy atom. The summed E-state index contributed by atoms with van der Waals surface area (Å²) < 4.78 is 0. The van der Waals surface area contributed by atoms with E-state index in [-0.39, 0.29) is 5.92 Å². The molecule has 5 atom stereocenters. The van der Waals surface area contributed by atoms with Crippen LogP contribution in [-0.2, 0) is 0 Å². The molecule has 1 aliphatic carbocycles. The Hall–Kier alpha value is -0.0800. The van der Waals surface area contributed by atoms with Gasteiger partial charge in [0.15, 0.2) is 0 Å². The van der Waals surface area contributed by atoms with Crippen LogP contribution in [0.15, 0.2) is 0 Å². The number of hydrogen-bond donors (Lipinski definition) is 2. The molecular weight excluding hydrogens is 224 g/mol. The van der Waals surface area contributed by atoms with Gasteiger partial charge in [0.25, 0.3) is 0 Å². The molecule has 0 heterocycles. The monoisotopic (exact) mass is 256 g/mol. The maximum Gasteiger partial charge on any atom is 0.0910 e. The van der Waals surface area contributed by atoms with Crippen LogP contribution in [0.25, 0.3) is 0 Å². The van der Waals surface area contributed by atoms with Crippen LogP contribution in [0.3, 0.4) is 0 Å². The van der Waals surface area contributed by atoms with Crippen molar-refractivity contribution in [2.24, 2.45) is 35.5 Å². The van der Waals surface area contributed by atoms with E-state index >= 15 is 0 Å². The van der Waals surface area contributed by atoms with E-state index < -0.39 is 11.7 Å². The molecule has 1 saturated carbocycles. The fraction of sp³-hybridized carbons (Fsp3) is 1.00. The van der Waals surface area contributed by atoms with Crippen molar-refractivity contribution in [2.75, 3.05) is 0 Å². The van der Waals surface area contributed by atoms with Crippen molar-refractivity contribution < 1.29 is 10.2 Å². The SMILES string of the molecule is CC(C)C1C(C(C)C)C(C)(O)C(O)C[C@@H]1C(C)C. The van der Waals surface area contributed by atoms with E-state index in [1.54, 1.807) is 0 Å². The molecule has 18 heavy (non-hydrogen) atoms. The predicted octanol–water partition coefficient (Wildman–Crippen LogP) is 3.32. The molecule has 1 aliphatic rings. The van der Waals surface area contributed by atoms with Gasteiger partial charge in [0.05, 0.1) is 11.7 Å². The Bertz CT molecular complexity index is 268. The second-order valence-corrected chi connectivity index (χ2v) is 7.48. The lowest BCUT2D eigenvalue weighted by molar-refractivity contribution is -0.185. The van der Waals surface area contributed by atoms with Crippen molar-refractivity contribution in [1.29, 1.82) is 0 Å². The molecule has 2 nitrogen and oxygen atoms in total. The molecule has 0 amide bonds. The summed E-state index contributed by atoms with van der Waals surface area (Å²) in [5, 5.41) is 21.1. The molecule has 4 unspecified atom stereocenters. The Kier molecular flexibility index (Phi) is 4.88. The smallest absolute Gasteiger partial charge is 0.0910 e. The minimum Gasteiger partial charge on any atom is -0.390 e. The van der Waals surface area contributed by atoms with Crippen LogP contribution in [0, 0.1) is 35.5 Å². The zero-order chi connectivity index (χ0) is 14.2. The average molecular weight is 256 g/mol. The van der Waals surface area contributed by atoms with E-state index in [1.807, 2.05) is 6.92 Å². The first kappa shape index (κ1) is 16.0. The predicted molar refractivity (Wildman–Crippen MR) is 76.2 cm³/mol. The third-order valence-electron chi connectivity index (χ3n) is 5.10. The first-order valence-electron chi connectivity index (χ1n) is 7.51. The highest BCUT2D eigenvalue weighted by Gasteiger charge is 2.52. The van der Waals surface area contributed by atoms with Gasteiger partial charge < -0.3 is 10.2 Å². The molecule has 0 aliphatic heterocycles. The van der Waals surface area contributed by atoms with Crippen LogP contribution < -0.4 is 0 Å². The van der Waals surface area contributed by atoms with Gasteiger partial charge in [-0.25, -0.2) is 0 Å². The van der Waals surface area contributed by atoms with E-state index in [4.69, 9.17) is 0 Å². The van der Waals surface area contributed by atoms with E-state index in [2.05, 4.69) is 41.5 Å². The molecule has 0 aromatic rings. The van der Waals surface area contributed by atoms with E-state index in [9.17, 15) is 10.2 Å². The number of aliphatic hydroxyl groups is 2. The Labute approximate surface area is 113 Å². The maximum atomic E-state index is 10.7. The van der Waals surface area contributed by atoms with E-state index in [0.717, 1.165) is 6.42 Å². The van der Waals surface area contributed by atoms with Crippen LogP contribution >= 0.6 is 0 Å². The summed E-state index contributed by atoms with van der Waals surface area (Å²) in [6, 6.07) is 0. The molecule has 2 N–H and O–H groups in total. The molecular formula is C16H32O2. The number of rotatable bonds is 3. The summed E-state index contributed by atoms with van der Waals surface area (Å²) >= 11 is 0. The van der Waals surface area contributed by atoms with Crippen LogP contribution in [0.2, 0.25) is 0 Å². The highest BCUT2D eigenvalue weighted by atomic mass is 16.3. The van der Waals surface area contributed by atoms with Gasteiger partial charge in [-0.15, -0.1) is 0 Å². The zero-order valence-electron chi connectivity index (χ0n) is 13.1. The Balaban J connectivity index is 3.17. The fourth-order valence-corrected chi connectivity index (χ4v) is 4.28. The van der Waals surface area contributed by atoms with E-state index in [0.29, 0.717) is 29.6 Å². The molecule has 2 heteroatoms. The van der Waals surface area contributed by atoms with Gasteiger partial charge in [0, 0.05) is 0 Å². The van der Waals surface area contributed by atoms with Crippen molar-refractivity contribution in [1.82, 2.24) is 0 Å². The van der Waals surface area contributed by atoms with Crippen molar-refractivity contribution in [2.45, 2.75) is 66.6 Å². The van der Waals surface area contributed by atoms with Crippen molar-refractivity contribution >= 4 is 0 Å². The van der Waals surface area contributed by atoms with Gasteiger partial charge in [0.2, 0.25) is 0 Å². The van der Waals surface area contributed by atoms with Crippen LogP contribution in [-0.4, -0.2) is 21.9 Å². The summed E-state index contributed by atoms with van der Waals surface area (Å²) in [4.78, 5) is 0. The largest absolute Gasteiger partial charge is 0.390 e. The Morgan fingerprint density at radius 2 is 1.44 bits per heavy atom. The number of aliphatic hydroxyl groups excluding tert-OH is 1. The summed E-state index contributed by atoms with van der Waals surface area (Å²) in [7, 11) is 0. The molecule has 0 bridgehead atoms. The summed E-state index contributed by atoms with van der Waals surface area (Å²) in [6.45, 7) is 15.2. The van der Waals surface area contributed by atoms with Gasteiger partial charge >= 0.3 is 0 Å². The maximum absolute atomic E-state index is 10.7. The summed E-state index contributed by atoms with van der Waals surface area (Å²) in [5.74, 6) is 2.67. The third kappa shape index (κ3) is 2.75. The standard InChI is InChI=1S/C16H32O2/c1-9(2)12-8-13(17)16(7,18)15(11(5)6)14(12)10(3)4/h9-15,17-18H,8H2,1-7H3/t12-,13?,14?,15?,16?/m1/s1. The van der Waals surface area contributed by atoms with E-state index in [1.165, 1.54) is 0 Å². The molecule has 0 aromatic heterocycles. The molecule has 0 saturated heterocycles. The zero-order valence-corrected chi connectivity index (χ0v) is 13.1. The normalized spacial score (nSPS) is 42.0. The molecule has 1 rings (SSSR count). The molecule has 0 radical (unpaired) electrons. The molecule has 1 fully saturated rings. The van der Waals surface area contributed by atoms with Gasteiger partial charge in [-0.05, 0) is 48.9 Å². The first-order chi connectivity index (χ1) is 8.10. The fourth-order valence-electron chi connectivity index (χ4n) is 4.28. The minimum absolute atomic E-state index is 0.175. The third-order valence-corrected chi connectivity index (χ3v) is 5.10. The topological polar surface area (TPSA) is 40.5 Å². The van der Waals surface area contributed by atoms with Crippen molar-refractivity contribution in [3.8, 4) is 0 Å². The summed E-state index contributed by atoms with van der Waals surface area (Å²) in [5.41, 5.74) is -0.950. The Morgan fingerprint density at radius 3 is 1.78 bits per heavy atom. The van der Waals surface area contributed by atoms with Gasteiger partial charge in [0.1, 0.15) is 0 Å². The second-order valence-electron chi connectivity index (χ2n) is 7.48. The molecule has 108 valence electrons. The quantitative estimate of drug-likeness (QED) is 0.813. The van der Waals surface area contributed by atoms with Gasteiger partial charge in [-0.1, -0.05) is 41.5 Å². The summed E-state index contributed by atoms with van der Waals surface area (Å²) in [6.07, 6.45) is 0.142. The lowest BCUT2D eigenvalue weighted by atomic mass is 9.55. The number of hydrogen-bond acceptors (Lipinski definition) is 2. The lowest BCUT2D eigenvalue weighted by Gasteiger charge is -2.54. The minimum atomic E-state index is -0.950. The van der Waals surface area contributed by atoms with Crippen LogP contribution in [0.1, 0.15) is 54.9 Å². The van der Waals surface area contributed by atoms with Crippen molar-refractivity contribution in [3.05, 3.63) is 0 Å². The average Bonchev–Trinajstić information content (AvgIpc) is 2.19. The lowest BCUT2D eigenvalue weighted by Crippen LogP contribution is -2.59. The van der Waals surface area contributed by atoms with Gasteiger partial charge in [-0.2, -0.15) is 0 Å². The highest BCUT2D eigenvalue weighted by molar-refractivity contribution is 5.02. The highest BCUT2D eigenvalue weighted by Crippen LogP contribution is 2.50. The van der Waals surface area contributed by atoms with Crippen LogP contribution in [0.4, 0.5) is 0 Å². The second kappa shape index (κ2) is 5.50. The first-order valence-corrected chi connectivity index (χ1v) is 7.51. The van der Waals surface area contributed by atoms with Gasteiger partial charge in [-0.3, -0.25) is 0 Å².